The highest BCUT2D eigenvalue weighted by Gasteiger charge is 2.38. The maximum Gasteiger partial charge on any atom is 0.256 e. The molecule has 242 valence electrons. The Kier molecular flexibility index (Phi) is 9.03. The van der Waals surface area contributed by atoms with Gasteiger partial charge in [-0.05, 0) is 46.0 Å². The lowest BCUT2D eigenvalue weighted by atomic mass is 9.93. The van der Waals surface area contributed by atoms with Crippen LogP contribution in [0.4, 0.5) is 21.7 Å². The van der Waals surface area contributed by atoms with Gasteiger partial charge in [-0.15, -0.1) is 0 Å². The first-order valence-electron chi connectivity index (χ1n) is 15.3. The Labute approximate surface area is 267 Å². The van der Waals surface area contributed by atoms with Crippen molar-refractivity contribution < 1.29 is 17.9 Å². The lowest BCUT2D eigenvalue weighted by molar-refractivity contribution is 0.0481. The van der Waals surface area contributed by atoms with Gasteiger partial charge in [-0.25, -0.2) is 27.8 Å². The first-order chi connectivity index (χ1) is 22.1. The second-order valence-electron chi connectivity index (χ2n) is 12.0. The van der Waals surface area contributed by atoms with Gasteiger partial charge in [0.25, 0.3) is 10.0 Å². The molecule has 4 aromatic rings. The first kappa shape index (κ1) is 31.6. The summed E-state index contributed by atoms with van der Waals surface area (Å²) in [7, 11) is 0.579. The molecule has 0 amide bonds. The fourth-order valence-corrected chi connectivity index (χ4v) is 6.67. The van der Waals surface area contributed by atoms with E-state index in [0.29, 0.717) is 54.5 Å². The molecule has 1 aliphatic heterocycles. The van der Waals surface area contributed by atoms with Gasteiger partial charge in [0, 0.05) is 57.1 Å². The highest BCUT2D eigenvalue weighted by atomic mass is 32.2. The molecule has 15 heteroatoms. The summed E-state index contributed by atoms with van der Waals surface area (Å²) in [6.07, 6.45) is 12.4. The van der Waals surface area contributed by atoms with Gasteiger partial charge in [-0.2, -0.15) is 14.3 Å². The minimum Gasteiger partial charge on any atom is -0.393 e. The van der Waals surface area contributed by atoms with Crippen molar-refractivity contribution in [2.75, 3.05) is 50.6 Å². The van der Waals surface area contributed by atoms with Crippen LogP contribution in [0.25, 0.3) is 11.4 Å². The number of anilines is 3. The molecule has 13 nitrogen and oxygen atoms in total. The SMILES string of the molecule is CN(C)CCCn1cc(C#Cc2cnc(Nc3ccnc(-c4cnn(S(=O)(=O)C5CC5)c4)n3)cc2N2CCC(F)(CO)CC2)cn1. The Morgan fingerprint density at radius 3 is 2.63 bits per heavy atom. The third-order valence-corrected chi connectivity index (χ3v) is 10.1. The number of halogens is 1. The van der Waals surface area contributed by atoms with E-state index in [1.54, 1.807) is 24.7 Å². The number of aliphatic hydroxyl groups excluding tert-OH is 1. The summed E-state index contributed by atoms with van der Waals surface area (Å²) in [5, 5.41) is 20.8. The van der Waals surface area contributed by atoms with E-state index in [4.69, 9.17) is 0 Å². The molecule has 2 N–H and O–H groups in total. The highest BCUT2D eigenvalue weighted by Crippen LogP contribution is 2.33. The van der Waals surface area contributed by atoms with E-state index in [2.05, 4.69) is 52.1 Å². The summed E-state index contributed by atoms with van der Waals surface area (Å²) < 4.78 is 42.9. The molecule has 2 aliphatic rings. The van der Waals surface area contributed by atoms with Crippen LogP contribution in [-0.2, 0) is 16.6 Å². The van der Waals surface area contributed by atoms with Crippen LogP contribution in [0.5, 0.6) is 0 Å². The molecule has 4 aromatic heterocycles. The van der Waals surface area contributed by atoms with Crippen molar-refractivity contribution in [2.45, 2.75) is 49.6 Å². The number of piperidine rings is 1. The Hall–Kier alpha value is -4.39. The zero-order valence-corrected chi connectivity index (χ0v) is 26.7. The number of hydrogen-bond acceptors (Lipinski definition) is 11. The van der Waals surface area contributed by atoms with Gasteiger partial charge in [0.2, 0.25) is 0 Å². The largest absolute Gasteiger partial charge is 0.393 e. The lowest BCUT2D eigenvalue weighted by Crippen LogP contribution is -2.44. The van der Waals surface area contributed by atoms with Crippen LogP contribution < -0.4 is 10.2 Å². The van der Waals surface area contributed by atoms with Crippen molar-refractivity contribution in [2.24, 2.45) is 0 Å². The Bertz CT molecular complexity index is 1850. The van der Waals surface area contributed by atoms with E-state index in [9.17, 15) is 17.9 Å². The Balaban J connectivity index is 1.23. The maximum absolute atomic E-state index is 14.9. The van der Waals surface area contributed by atoms with Gasteiger partial charge in [0.15, 0.2) is 5.82 Å². The Morgan fingerprint density at radius 1 is 1.09 bits per heavy atom. The van der Waals surface area contributed by atoms with Crippen LogP contribution >= 0.6 is 0 Å². The van der Waals surface area contributed by atoms with Crippen molar-refractivity contribution in [3.05, 3.63) is 60.4 Å². The summed E-state index contributed by atoms with van der Waals surface area (Å²) in [6, 6.07) is 3.53. The number of pyridine rings is 1. The minimum atomic E-state index is -3.50. The van der Waals surface area contributed by atoms with Gasteiger partial charge in [0.1, 0.15) is 17.3 Å². The van der Waals surface area contributed by atoms with Crippen molar-refractivity contribution in [3.8, 4) is 23.2 Å². The highest BCUT2D eigenvalue weighted by molar-refractivity contribution is 7.90. The molecule has 0 atom stereocenters. The molecule has 5 heterocycles. The van der Waals surface area contributed by atoms with E-state index in [0.717, 1.165) is 34.8 Å². The van der Waals surface area contributed by atoms with E-state index in [1.165, 1.54) is 12.4 Å². The molecule has 0 unspecified atom stereocenters. The zero-order valence-electron chi connectivity index (χ0n) is 25.8. The van der Waals surface area contributed by atoms with Crippen LogP contribution in [-0.4, -0.2) is 104 Å². The molecule has 1 saturated heterocycles. The molecule has 1 aliphatic carbocycles. The van der Waals surface area contributed by atoms with Crippen molar-refractivity contribution in [1.82, 2.24) is 38.8 Å². The van der Waals surface area contributed by atoms with Crippen LogP contribution in [0, 0.1) is 11.8 Å². The smallest absolute Gasteiger partial charge is 0.256 e. The van der Waals surface area contributed by atoms with Gasteiger partial charge >= 0.3 is 0 Å². The summed E-state index contributed by atoms with van der Waals surface area (Å²) in [6.45, 7) is 2.07. The number of nitrogens with one attached hydrogen (secondary N) is 1. The number of hydrogen-bond donors (Lipinski definition) is 2. The molecule has 46 heavy (non-hydrogen) atoms. The van der Waals surface area contributed by atoms with E-state index in [-0.39, 0.29) is 18.1 Å². The number of alkyl halides is 1. The molecule has 0 bridgehead atoms. The summed E-state index contributed by atoms with van der Waals surface area (Å²) in [5.41, 5.74) is 1.11. The average Bonchev–Trinajstić information content (AvgIpc) is 3.62. The summed E-state index contributed by atoms with van der Waals surface area (Å²) in [5.74, 6) is 7.67. The lowest BCUT2D eigenvalue weighted by Gasteiger charge is -2.37. The Morgan fingerprint density at radius 2 is 1.89 bits per heavy atom. The van der Waals surface area contributed by atoms with E-state index < -0.39 is 22.3 Å². The predicted molar refractivity (Wildman–Crippen MR) is 172 cm³/mol. The van der Waals surface area contributed by atoms with Crippen molar-refractivity contribution in [3.63, 3.8) is 0 Å². The number of aromatic nitrogens is 7. The molecular weight excluding hydrogens is 611 g/mol. The third-order valence-electron chi connectivity index (χ3n) is 8.07. The van der Waals surface area contributed by atoms with E-state index in [1.807, 2.05) is 31.0 Å². The molecule has 6 rings (SSSR count). The van der Waals surface area contributed by atoms with Crippen LogP contribution in [0.2, 0.25) is 0 Å². The van der Waals surface area contributed by atoms with Crippen LogP contribution in [0.3, 0.4) is 0 Å². The summed E-state index contributed by atoms with van der Waals surface area (Å²) in [4.78, 5) is 17.6. The first-order valence-corrected chi connectivity index (χ1v) is 16.8. The molecule has 2 fully saturated rings. The fraction of sp³-hybridized carbons (Fsp3) is 0.452. The van der Waals surface area contributed by atoms with E-state index >= 15 is 0 Å². The minimum absolute atomic E-state index is 0.195. The molecule has 0 spiro atoms. The van der Waals surface area contributed by atoms with Gasteiger partial charge < -0.3 is 20.2 Å². The standard InChI is InChI=1S/C31H37FN10O3S/c1-39(2)12-3-13-41-20-23(17-35-41)4-5-24-18-34-29(16-27(24)40-14-9-31(32,22-43)10-15-40)37-28-8-11-33-30(38-28)25-19-36-42(21-25)46(44,45)26-6-7-26/h8,11,16-21,26,43H,3,6-7,9-10,12-15,22H2,1-2H3,(H,33,34,37,38). The molecule has 1 saturated carbocycles. The topological polar surface area (TPSA) is 147 Å². The van der Waals surface area contributed by atoms with Gasteiger partial charge in [-0.3, -0.25) is 4.68 Å². The number of nitrogens with zero attached hydrogens (tertiary/aromatic N) is 9. The van der Waals surface area contributed by atoms with Gasteiger partial charge in [-0.1, -0.05) is 11.8 Å². The maximum atomic E-state index is 14.9. The summed E-state index contributed by atoms with van der Waals surface area (Å²) >= 11 is 0. The fourth-order valence-electron chi connectivity index (χ4n) is 5.19. The quantitative estimate of drug-likeness (QED) is 0.232. The second kappa shape index (κ2) is 13.1. The van der Waals surface area contributed by atoms with Crippen molar-refractivity contribution in [1.29, 1.82) is 0 Å². The predicted octanol–water partition coefficient (Wildman–Crippen LogP) is 2.67. The van der Waals surface area contributed by atoms with Crippen molar-refractivity contribution >= 4 is 27.3 Å². The third kappa shape index (κ3) is 7.35. The molecule has 0 aromatic carbocycles. The van der Waals surface area contributed by atoms with Crippen LogP contribution in [0.1, 0.15) is 43.2 Å². The van der Waals surface area contributed by atoms with Crippen LogP contribution in [0.15, 0.2) is 49.3 Å². The molecular formula is C31H37FN10O3S. The average molecular weight is 649 g/mol. The normalized spacial score (nSPS) is 16.3. The molecule has 0 radical (unpaired) electrons. The zero-order chi connectivity index (χ0) is 32.3. The monoisotopic (exact) mass is 648 g/mol. The number of aliphatic hydroxyl groups is 1. The second-order valence-corrected chi connectivity index (χ2v) is 14.1. The van der Waals surface area contributed by atoms with Gasteiger partial charge in [0.05, 0.1) is 52.8 Å². The number of rotatable bonds is 11. The number of aryl methyl sites for hydroxylation is 1.